The van der Waals surface area contributed by atoms with Gasteiger partial charge in [0.2, 0.25) is 0 Å². The third kappa shape index (κ3) is 2.74. The number of ether oxygens (including phenoxy) is 1. The molecule has 0 unspecified atom stereocenters. The highest BCUT2D eigenvalue weighted by Crippen LogP contribution is 2.29. The van der Waals surface area contributed by atoms with Crippen molar-refractivity contribution in [3.8, 4) is 0 Å². The van der Waals surface area contributed by atoms with Crippen LogP contribution in [0.25, 0.3) is 0 Å². The predicted molar refractivity (Wildman–Crippen MR) is 53.2 cm³/mol. The second-order valence-electron chi connectivity index (χ2n) is 3.70. The second kappa shape index (κ2) is 3.79. The van der Waals surface area contributed by atoms with Crippen LogP contribution in [-0.2, 0) is 11.3 Å². The first-order chi connectivity index (χ1) is 6.34. The van der Waals surface area contributed by atoms with E-state index >= 15 is 0 Å². The molecule has 13 heavy (non-hydrogen) atoms. The number of hydrogen-bond donors (Lipinski definition) is 1. The summed E-state index contributed by atoms with van der Waals surface area (Å²) in [5, 5.41) is 0. The van der Waals surface area contributed by atoms with E-state index in [4.69, 9.17) is 10.5 Å². The van der Waals surface area contributed by atoms with Gasteiger partial charge in [0.05, 0.1) is 6.61 Å². The van der Waals surface area contributed by atoms with Gasteiger partial charge in [-0.2, -0.15) is 0 Å². The molecule has 2 rings (SSSR count). The Hall–Kier alpha value is -1.02. The largest absolute Gasteiger partial charge is 0.399 e. The summed E-state index contributed by atoms with van der Waals surface area (Å²) in [4.78, 5) is 0. The Bertz CT molecular complexity index is 281. The van der Waals surface area contributed by atoms with Gasteiger partial charge in [0.25, 0.3) is 0 Å². The maximum Gasteiger partial charge on any atom is 0.0717 e. The number of nitrogens with two attached hydrogens (primary N) is 1. The Kier molecular flexibility index (Phi) is 2.50. The van der Waals surface area contributed by atoms with Crippen molar-refractivity contribution in [3.63, 3.8) is 0 Å². The monoisotopic (exact) mass is 177 g/mol. The van der Waals surface area contributed by atoms with E-state index in [0.717, 1.165) is 18.2 Å². The molecule has 70 valence electrons. The molecule has 1 fully saturated rings. The molecule has 1 aliphatic rings. The van der Waals surface area contributed by atoms with Crippen molar-refractivity contribution >= 4 is 5.69 Å². The van der Waals surface area contributed by atoms with Crippen LogP contribution in [0.3, 0.4) is 0 Å². The third-order valence-electron chi connectivity index (χ3n) is 2.27. The minimum atomic E-state index is 0.696. The summed E-state index contributed by atoms with van der Waals surface area (Å²) in [5.41, 5.74) is 7.63. The number of benzene rings is 1. The van der Waals surface area contributed by atoms with Crippen LogP contribution in [0.2, 0.25) is 0 Å². The zero-order chi connectivity index (χ0) is 9.10. The molecule has 2 N–H and O–H groups in total. The van der Waals surface area contributed by atoms with Crippen molar-refractivity contribution in [3.05, 3.63) is 29.8 Å². The van der Waals surface area contributed by atoms with Crippen molar-refractivity contribution in [1.82, 2.24) is 0 Å². The molecular weight excluding hydrogens is 162 g/mol. The van der Waals surface area contributed by atoms with E-state index in [2.05, 4.69) is 0 Å². The van der Waals surface area contributed by atoms with Crippen molar-refractivity contribution in [2.75, 3.05) is 12.3 Å². The van der Waals surface area contributed by atoms with Crippen molar-refractivity contribution in [2.24, 2.45) is 5.92 Å². The molecule has 0 bridgehead atoms. The first-order valence-corrected chi connectivity index (χ1v) is 4.77. The lowest BCUT2D eigenvalue weighted by atomic mass is 10.2. The predicted octanol–water partition coefficient (Wildman–Crippen LogP) is 2.20. The summed E-state index contributed by atoms with van der Waals surface area (Å²) in [6.07, 6.45) is 2.69. The average Bonchev–Trinajstić information content (AvgIpc) is 2.88. The van der Waals surface area contributed by atoms with Crippen LogP contribution in [0, 0.1) is 5.92 Å². The van der Waals surface area contributed by atoms with Gasteiger partial charge in [-0.3, -0.25) is 0 Å². The minimum Gasteiger partial charge on any atom is -0.399 e. The van der Waals surface area contributed by atoms with E-state index in [1.165, 1.54) is 18.4 Å². The fraction of sp³-hybridized carbons (Fsp3) is 0.455. The van der Waals surface area contributed by atoms with Crippen LogP contribution in [-0.4, -0.2) is 6.61 Å². The highest BCUT2D eigenvalue weighted by atomic mass is 16.5. The number of nitrogen functional groups attached to an aromatic ring is 1. The molecule has 0 atom stereocenters. The average molecular weight is 177 g/mol. The molecule has 0 amide bonds. The molecule has 0 aromatic heterocycles. The van der Waals surface area contributed by atoms with Gasteiger partial charge >= 0.3 is 0 Å². The molecule has 2 nitrogen and oxygen atoms in total. The van der Waals surface area contributed by atoms with E-state index in [-0.39, 0.29) is 0 Å². The second-order valence-corrected chi connectivity index (χ2v) is 3.70. The Labute approximate surface area is 78.7 Å². The van der Waals surface area contributed by atoms with E-state index in [0.29, 0.717) is 6.61 Å². The molecule has 1 saturated carbocycles. The maximum absolute atomic E-state index is 5.65. The molecule has 0 radical (unpaired) electrons. The van der Waals surface area contributed by atoms with Gasteiger partial charge in [0, 0.05) is 12.3 Å². The van der Waals surface area contributed by atoms with Gasteiger partial charge in [-0.15, -0.1) is 0 Å². The normalized spacial score (nSPS) is 16.0. The fourth-order valence-electron chi connectivity index (χ4n) is 1.31. The Balaban J connectivity index is 1.79. The van der Waals surface area contributed by atoms with Crippen LogP contribution in [0.15, 0.2) is 24.3 Å². The summed E-state index contributed by atoms with van der Waals surface area (Å²) >= 11 is 0. The first kappa shape index (κ1) is 8.57. The lowest BCUT2D eigenvalue weighted by Gasteiger charge is -2.03. The Morgan fingerprint density at radius 3 is 2.92 bits per heavy atom. The number of rotatable bonds is 4. The van der Waals surface area contributed by atoms with Crippen LogP contribution in [0.1, 0.15) is 18.4 Å². The number of hydrogen-bond acceptors (Lipinski definition) is 2. The quantitative estimate of drug-likeness (QED) is 0.715. The zero-order valence-corrected chi connectivity index (χ0v) is 7.70. The van der Waals surface area contributed by atoms with Crippen molar-refractivity contribution in [2.45, 2.75) is 19.4 Å². The highest BCUT2D eigenvalue weighted by Gasteiger charge is 2.20. The van der Waals surface area contributed by atoms with Crippen LogP contribution < -0.4 is 5.73 Å². The van der Waals surface area contributed by atoms with E-state index in [1.54, 1.807) is 0 Å². The Morgan fingerprint density at radius 2 is 2.23 bits per heavy atom. The van der Waals surface area contributed by atoms with E-state index in [1.807, 2.05) is 24.3 Å². The van der Waals surface area contributed by atoms with Gasteiger partial charge < -0.3 is 10.5 Å². The highest BCUT2D eigenvalue weighted by molar-refractivity contribution is 5.40. The standard InChI is InChI=1S/C11H15NO/c12-11-3-1-2-10(6-11)8-13-7-9-4-5-9/h1-3,6,9H,4-5,7-8,12H2. The lowest BCUT2D eigenvalue weighted by molar-refractivity contribution is 0.111. The summed E-state index contributed by atoms with van der Waals surface area (Å²) in [6, 6.07) is 7.87. The van der Waals surface area contributed by atoms with Gasteiger partial charge in [0.15, 0.2) is 0 Å². The summed E-state index contributed by atoms with van der Waals surface area (Å²) in [5.74, 6) is 0.834. The van der Waals surface area contributed by atoms with Crippen LogP contribution >= 0.6 is 0 Å². The fourth-order valence-corrected chi connectivity index (χ4v) is 1.31. The molecule has 0 saturated heterocycles. The van der Waals surface area contributed by atoms with Crippen molar-refractivity contribution in [1.29, 1.82) is 0 Å². The van der Waals surface area contributed by atoms with Crippen LogP contribution in [0.5, 0.6) is 0 Å². The van der Waals surface area contributed by atoms with Gasteiger partial charge in [-0.25, -0.2) is 0 Å². The maximum atomic E-state index is 5.65. The lowest BCUT2D eigenvalue weighted by Crippen LogP contribution is -1.97. The zero-order valence-electron chi connectivity index (χ0n) is 7.70. The topological polar surface area (TPSA) is 35.2 Å². The van der Waals surface area contributed by atoms with Gasteiger partial charge in [-0.05, 0) is 36.5 Å². The molecule has 1 aromatic carbocycles. The smallest absolute Gasteiger partial charge is 0.0717 e. The van der Waals surface area contributed by atoms with Gasteiger partial charge in [0.1, 0.15) is 0 Å². The minimum absolute atomic E-state index is 0.696. The first-order valence-electron chi connectivity index (χ1n) is 4.77. The van der Waals surface area contributed by atoms with E-state index in [9.17, 15) is 0 Å². The van der Waals surface area contributed by atoms with E-state index < -0.39 is 0 Å². The summed E-state index contributed by atoms with van der Waals surface area (Å²) < 4.78 is 5.54. The molecule has 1 aliphatic carbocycles. The SMILES string of the molecule is Nc1cccc(COCC2CC2)c1. The van der Waals surface area contributed by atoms with Crippen molar-refractivity contribution < 1.29 is 4.74 Å². The third-order valence-corrected chi connectivity index (χ3v) is 2.27. The molecule has 0 heterocycles. The van der Waals surface area contributed by atoms with Gasteiger partial charge in [-0.1, -0.05) is 12.1 Å². The molecule has 1 aromatic rings. The molecule has 0 aliphatic heterocycles. The van der Waals surface area contributed by atoms with Crippen LogP contribution in [0.4, 0.5) is 5.69 Å². The summed E-state index contributed by atoms with van der Waals surface area (Å²) in [6.45, 7) is 1.61. The molecular formula is C11H15NO. The summed E-state index contributed by atoms with van der Waals surface area (Å²) in [7, 11) is 0. The molecule has 0 spiro atoms. The molecule has 2 heteroatoms. The number of anilines is 1. The Morgan fingerprint density at radius 1 is 1.38 bits per heavy atom.